The standard InChI is InChI=1S/C15H20N4O2.ClH/c1-19(2)15-17-10(9-16)7-13(18-15)12-6-5-11(20-3)8-14(12)21-4;/h5-8H,9,16H2,1-4H3;1H. The largest absolute Gasteiger partial charge is 0.497 e. The van der Waals surface area contributed by atoms with Crippen molar-refractivity contribution in [2.75, 3.05) is 33.2 Å². The predicted octanol–water partition coefficient (Wildman–Crippen LogP) is 2.11. The smallest absolute Gasteiger partial charge is 0.225 e. The molecule has 2 rings (SSSR count). The quantitative estimate of drug-likeness (QED) is 0.908. The van der Waals surface area contributed by atoms with Crippen molar-refractivity contribution in [1.82, 2.24) is 9.97 Å². The van der Waals surface area contributed by atoms with E-state index in [0.717, 1.165) is 22.7 Å². The second-order valence-electron chi connectivity index (χ2n) is 4.71. The van der Waals surface area contributed by atoms with Gasteiger partial charge in [-0.2, -0.15) is 0 Å². The third-order valence-electron chi connectivity index (χ3n) is 3.06. The highest BCUT2D eigenvalue weighted by Crippen LogP contribution is 2.33. The molecule has 0 bridgehead atoms. The van der Waals surface area contributed by atoms with Crippen LogP contribution in [0.4, 0.5) is 5.95 Å². The molecule has 0 saturated carbocycles. The second kappa shape index (κ2) is 7.82. The number of anilines is 1. The van der Waals surface area contributed by atoms with Crippen molar-refractivity contribution < 1.29 is 9.47 Å². The first-order chi connectivity index (χ1) is 10.1. The summed E-state index contributed by atoms with van der Waals surface area (Å²) < 4.78 is 10.6. The fourth-order valence-corrected chi connectivity index (χ4v) is 1.94. The highest BCUT2D eigenvalue weighted by molar-refractivity contribution is 5.85. The Hall–Kier alpha value is -2.05. The Bertz CT molecular complexity index is 635. The number of aromatic nitrogens is 2. The first-order valence-electron chi connectivity index (χ1n) is 6.56. The molecule has 0 fully saturated rings. The number of halogens is 1. The Labute approximate surface area is 136 Å². The maximum Gasteiger partial charge on any atom is 0.225 e. The van der Waals surface area contributed by atoms with Crippen molar-refractivity contribution in [2.45, 2.75) is 6.54 Å². The monoisotopic (exact) mass is 324 g/mol. The highest BCUT2D eigenvalue weighted by atomic mass is 35.5. The van der Waals surface area contributed by atoms with Gasteiger partial charge in [-0.15, -0.1) is 12.4 Å². The number of rotatable bonds is 5. The summed E-state index contributed by atoms with van der Waals surface area (Å²) in [5.41, 5.74) is 8.15. The number of hydrogen-bond acceptors (Lipinski definition) is 6. The van der Waals surface area contributed by atoms with Crippen LogP contribution in [-0.2, 0) is 6.54 Å². The van der Waals surface area contributed by atoms with Crippen LogP contribution < -0.4 is 20.1 Å². The molecule has 0 saturated heterocycles. The Balaban J connectivity index is 0.00000242. The molecular formula is C15H21ClN4O2. The van der Waals surface area contributed by atoms with Gasteiger partial charge in [0.25, 0.3) is 0 Å². The molecular weight excluding hydrogens is 304 g/mol. The Morgan fingerprint density at radius 1 is 1.09 bits per heavy atom. The number of ether oxygens (including phenoxy) is 2. The van der Waals surface area contributed by atoms with Gasteiger partial charge >= 0.3 is 0 Å². The summed E-state index contributed by atoms with van der Waals surface area (Å²) in [4.78, 5) is 10.8. The minimum atomic E-state index is 0. The van der Waals surface area contributed by atoms with Gasteiger partial charge in [0, 0.05) is 32.3 Å². The molecule has 1 aromatic carbocycles. The normalized spacial score (nSPS) is 9.86. The Morgan fingerprint density at radius 2 is 1.82 bits per heavy atom. The summed E-state index contributed by atoms with van der Waals surface area (Å²) in [7, 11) is 7.03. The van der Waals surface area contributed by atoms with E-state index in [1.807, 2.05) is 43.3 Å². The Morgan fingerprint density at radius 3 is 2.36 bits per heavy atom. The molecule has 0 aliphatic heterocycles. The minimum Gasteiger partial charge on any atom is -0.497 e. The molecule has 1 heterocycles. The van der Waals surface area contributed by atoms with Crippen molar-refractivity contribution >= 4 is 18.4 Å². The molecule has 2 N–H and O–H groups in total. The third-order valence-corrected chi connectivity index (χ3v) is 3.06. The van der Waals surface area contributed by atoms with E-state index in [4.69, 9.17) is 15.2 Å². The number of hydrogen-bond donors (Lipinski definition) is 1. The van der Waals surface area contributed by atoms with Gasteiger partial charge in [0.15, 0.2) is 0 Å². The molecule has 2 aromatic rings. The molecule has 0 radical (unpaired) electrons. The van der Waals surface area contributed by atoms with Gasteiger partial charge in [-0.3, -0.25) is 0 Å². The fraction of sp³-hybridized carbons (Fsp3) is 0.333. The van der Waals surface area contributed by atoms with Crippen molar-refractivity contribution in [3.63, 3.8) is 0 Å². The average molecular weight is 325 g/mol. The first kappa shape index (κ1) is 18.0. The highest BCUT2D eigenvalue weighted by Gasteiger charge is 2.12. The van der Waals surface area contributed by atoms with E-state index in [1.54, 1.807) is 14.2 Å². The lowest BCUT2D eigenvalue weighted by Gasteiger charge is -2.15. The van der Waals surface area contributed by atoms with Crippen LogP contribution >= 0.6 is 12.4 Å². The first-order valence-corrected chi connectivity index (χ1v) is 6.56. The number of nitrogens with zero attached hydrogens (tertiary/aromatic N) is 3. The average Bonchev–Trinajstić information content (AvgIpc) is 2.53. The third kappa shape index (κ3) is 3.78. The van der Waals surface area contributed by atoms with Crippen LogP contribution in [0.5, 0.6) is 11.5 Å². The van der Waals surface area contributed by atoms with Crippen LogP contribution in [0, 0.1) is 0 Å². The van der Waals surface area contributed by atoms with E-state index in [-0.39, 0.29) is 12.4 Å². The van der Waals surface area contributed by atoms with Crippen LogP contribution in [0.3, 0.4) is 0 Å². The van der Waals surface area contributed by atoms with E-state index in [0.29, 0.717) is 18.2 Å². The topological polar surface area (TPSA) is 73.5 Å². The summed E-state index contributed by atoms with van der Waals surface area (Å²) in [6.07, 6.45) is 0. The molecule has 1 aromatic heterocycles. The number of nitrogens with two attached hydrogens (primary N) is 1. The molecule has 0 atom stereocenters. The maximum atomic E-state index is 5.72. The van der Waals surface area contributed by atoms with Crippen molar-refractivity contribution in [2.24, 2.45) is 5.73 Å². The lowest BCUT2D eigenvalue weighted by Crippen LogP contribution is -2.15. The number of benzene rings is 1. The summed E-state index contributed by atoms with van der Waals surface area (Å²) in [5.74, 6) is 2.04. The van der Waals surface area contributed by atoms with Crippen molar-refractivity contribution in [3.05, 3.63) is 30.0 Å². The SMILES string of the molecule is COc1ccc(-c2cc(CN)nc(N(C)C)n2)c(OC)c1.Cl. The molecule has 0 aliphatic carbocycles. The maximum absolute atomic E-state index is 5.72. The fourth-order valence-electron chi connectivity index (χ4n) is 1.94. The van der Waals surface area contributed by atoms with Crippen LogP contribution in [0.25, 0.3) is 11.3 Å². The summed E-state index contributed by atoms with van der Waals surface area (Å²) >= 11 is 0. The van der Waals surface area contributed by atoms with E-state index in [2.05, 4.69) is 9.97 Å². The van der Waals surface area contributed by atoms with Gasteiger partial charge in [-0.25, -0.2) is 9.97 Å². The van der Waals surface area contributed by atoms with Crippen LogP contribution in [-0.4, -0.2) is 38.3 Å². The summed E-state index contributed by atoms with van der Waals surface area (Å²) in [6.45, 7) is 0.356. The molecule has 7 heteroatoms. The van der Waals surface area contributed by atoms with Crippen LogP contribution in [0.2, 0.25) is 0 Å². The van der Waals surface area contributed by atoms with Gasteiger partial charge in [-0.05, 0) is 18.2 Å². The summed E-state index contributed by atoms with van der Waals surface area (Å²) in [6, 6.07) is 7.49. The predicted molar refractivity (Wildman–Crippen MR) is 90.0 cm³/mol. The molecule has 0 unspecified atom stereocenters. The Kier molecular flexibility index (Phi) is 6.39. The van der Waals surface area contributed by atoms with Gasteiger partial charge < -0.3 is 20.1 Å². The van der Waals surface area contributed by atoms with Crippen molar-refractivity contribution in [1.29, 1.82) is 0 Å². The van der Waals surface area contributed by atoms with E-state index < -0.39 is 0 Å². The van der Waals surface area contributed by atoms with E-state index in [9.17, 15) is 0 Å². The summed E-state index contributed by atoms with van der Waals surface area (Å²) in [5, 5.41) is 0. The lowest BCUT2D eigenvalue weighted by molar-refractivity contribution is 0.395. The zero-order valence-electron chi connectivity index (χ0n) is 13.2. The zero-order chi connectivity index (χ0) is 15.4. The molecule has 0 spiro atoms. The van der Waals surface area contributed by atoms with Gasteiger partial charge in [0.05, 0.1) is 25.6 Å². The van der Waals surface area contributed by atoms with Gasteiger partial charge in [-0.1, -0.05) is 0 Å². The van der Waals surface area contributed by atoms with Gasteiger partial charge in [0.2, 0.25) is 5.95 Å². The van der Waals surface area contributed by atoms with Crippen LogP contribution in [0.1, 0.15) is 5.69 Å². The van der Waals surface area contributed by atoms with Crippen LogP contribution in [0.15, 0.2) is 24.3 Å². The molecule has 120 valence electrons. The molecule has 22 heavy (non-hydrogen) atoms. The number of methoxy groups -OCH3 is 2. The zero-order valence-corrected chi connectivity index (χ0v) is 14.0. The van der Waals surface area contributed by atoms with Crippen molar-refractivity contribution in [3.8, 4) is 22.8 Å². The van der Waals surface area contributed by atoms with Gasteiger partial charge in [0.1, 0.15) is 11.5 Å². The van der Waals surface area contributed by atoms with E-state index >= 15 is 0 Å². The molecule has 6 nitrogen and oxygen atoms in total. The second-order valence-corrected chi connectivity index (χ2v) is 4.71. The van der Waals surface area contributed by atoms with E-state index in [1.165, 1.54) is 0 Å². The molecule has 0 amide bonds. The molecule has 0 aliphatic rings. The minimum absolute atomic E-state index is 0. The lowest BCUT2D eigenvalue weighted by atomic mass is 10.1.